The van der Waals surface area contributed by atoms with Crippen molar-refractivity contribution in [3.63, 3.8) is 0 Å². The molecule has 0 saturated carbocycles. The zero-order valence-corrected chi connectivity index (χ0v) is 9.00. The molecule has 0 unspecified atom stereocenters. The van der Waals surface area contributed by atoms with Crippen molar-refractivity contribution in [2.75, 3.05) is 0 Å². The summed E-state index contributed by atoms with van der Waals surface area (Å²) in [6, 6.07) is 3.31. The van der Waals surface area contributed by atoms with E-state index in [2.05, 4.69) is 4.98 Å². The van der Waals surface area contributed by atoms with Crippen LogP contribution >= 0.6 is 0 Å². The Morgan fingerprint density at radius 1 is 1.44 bits per heavy atom. The van der Waals surface area contributed by atoms with Gasteiger partial charge < -0.3 is 14.2 Å². The lowest BCUT2D eigenvalue weighted by molar-refractivity contribution is 0.0685. The van der Waals surface area contributed by atoms with Crippen LogP contribution in [-0.2, 0) is 13.1 Å². The molecule has 2 aromatic rings. The van der Waals surface area contributed by atoms with E-state index in [1.54, 1.807) is 29.1 Å². The summed E-state index contributed by atoms with van der Waals surface area (Å²) in [6.45, 7) is 3.34. The zero-order chi connectivity index (χ0) is 11.5. The van der Waals surface area contributed by atoms with E-state index in [9.17, 15) is 4.79 Å². The van der Waals surface area contributed by atoms with E-state index < -0.39 is 5.97 Å². The number of nitrogens with zero attached hydrogens (tertiary/aromatic N) is 3. The molecular formula is C11H13N3O2. The minimum Gasteiger partial charge on any atom is -0.477 e. The summed E-state index contributed by atoms with van der Waals surface area (Å²) >= 11 is 0. The van der Waals surface area contributed by atoms with Crippen LogP contribution in [0.4, 0.5) is 0 Å². The van der Waals surface area contributed by atoms with Crippen molar-refractivity contribution in [2.45, 2.75) is 20.0 Å². The number of aromatic carboxylic acids is 1. The summed E-state index contributed by atoms with van der Waals surface area (Å²) in [5, 5.41) is 8.96. The van der Waals surface area contributed by atoms with Gasteiger partial charge >= 0.3 is 5.97 Å². The van der Waals surface area contributed by atoms with E-state index in [4.69, 9.17) is 5.11 Å². The SMILES string of the molecule is CCn1ccnc1Cn1cccc1C(=O)O. The molecule has 0 fully saturated rings. The zero-order valence-electron chi connectivity index (χ0n) is 9.00. The number of carboxylic acids is 1. The number of aryl methyl sites for hydroxylation is 1. The summed E-state index contributed by atoms with van der Waals surface area (Å²) in [5.41, 5.74) is 0.283. The minimum absolute atomic E-state index is 0.283. The van der Waals surface area contributed by atoms with E-state index in [-0.39, 0.29) is 5.69 Å². The van der Waals surface area contributed by atoms with Gasteiger partial charge in [-0.1, -0.05) is 0 Å². The largest absolute Gasteiger partial charge is 0.477 e. The normalized spacial score (nSPS) is 10.6. The molecule has 1 N–H and O–H groups in total. The molecule has 0 atom stereocenters. The molecule has 0 amide bonds. The highest BCUT2D eigenvalue weighted by atomic mass is 16.4. The third-order valence-electron chi connectivity index (χ3n) is 2.50. The molecule has 0 radical (unpaired) electrons. The smallest absolute Gasteiger partial charge is 0.352 e. The Hall–Kier alpha value is -2.04. The van der Waals surface area contributed by atoms with Gasteiger partial charge in [-0.3, -0.25) is 0 Å². The van der Waals surface area contributed by atoms with Crippen molar-refractivity contribution in [1.29, 1.82) is 0 Å². The maximum atomic E-state index is 10.9. The lowest BCUT2D eigenvalue weighted by atomic mass is 10.4. The second kappa shape index (κ2) is 4.22. The Labute approximate surface area is 93.0 Å². The molecule has 0 saturated heterocycles. The standard InChI is InChI=1S/C11H13N3O2/c1-2-13-7-5-12-10(13)8-14-6-3-4-9(14)11(15)16/h3-7H,2,8H2,1H3,(H,15,16). The first-order valence-corrected chi connectivity index (χ1v) is 5.10. The predicted octanol–water partition coefficient (Wildman–Crippen LogP) is 1.45. The first-order valence-electron chi connectivity index (χ1n) is 5.10. The molecule has 0 aliphatic rings. The van der Waals surface area contributed by atoms with Gasteiger partial charge in [0.1, 0.15) is 11.5 Å². The van der Waals surface area contributed by atoms with Gasteiger partial charge in [-0.25, -0.2) is 9.78 Å². The van der Waals surface area contributed by atoms with Crippen LogP contribution in [0.1, 0.15) is 23.2 Å². The summed E-state index contributed by atoms with van der Waals surface area (Å²) in [5.74, 6) is -0.0548. The summed E-state index contributed by atoms with van der Waals surface area (Å²) in [4.78, 5) is 15.1. The fraction of sp³-hybridized carbons (Fsp3) is 0.273. The highest BCUT2D eigenvalue weighted by Crippen LogP contribution is 2.07. The molecule has 5 heteroatoms. The van der Waals surface area contributed by atoms with Crippen LogP contribution in [0.5, 0.6) is 0 Å². The summed E-state index contributed by atoms with van der Waals surface area (Å²) in [6.07, 6.45) is 5.36. The number of imidazole rings is 1. The number of carboxylic acid groups (broad SMARTS) is 1. The molecule has 0 bridgehead atoms. The van der Waals surface area contributed by atoms with Gasteiger partial charge in [0, 0.05) is 25.1 Å². The molecule has 2 heterocycles. The second-order valence-electron chi connectivity index (χ2n) is 3.46. The van der Waals surface area contributed by atoms with Gasteiger partial charge in [-0.15, -0.1) is 0 Å². The van der Waals surface area contributed by atoms with Crippen LogP contribution in [0.3, 0.4) is 0 Å². The van der Waals surface area contributed by atoms with E-state index in [0.717, 1.165) is 12.4 Å². The van der Waals surface area contributed by atoms with Crippen molar-refractivity contribution >= 4 is 5.97 Å². The molecule has 0 aliphatic carbocycles. The average Bonchev–Trinajstić information content (AvgIpc) is 2.86. The second-order valence-corrected chi connectivity index (χ2v) is 3.46. The predicted molar refractivity (Wildman–Crippen MR) is 58.4 cm³/mol. The maximum absolute atomic E-state index is 10.9. The van der Waals surface area contributed by atoms with Crippen molar-refractivity contribution in [2.24, 2.45) is 0 Å². The van der Waals surface area contributed by atoms with Crippen LogP contribution in [-0.4, -0.2) is 25.2 Å². The fourth-order valence-electron chi connectivity index (χ4n) is 1.68. The molecule has 84 valence electrons. The van der Waals surface area contributed by atoms with E-state index >= 15 is 0 Å². The average molecular weight is 219 g/mol. The van der Waals surface area contributed by atoms with Crippen LogP contribution in [0, 0.1) is 0 Å². The van der Waals surface area contributed by atoms with Gasteiger partial charge in [0.2, 0.25) is 0 Å². The van der Waals surface area contributed by atoms with Crippen molar-refractivity contribution in [1.82, 2.24) is 14.1 Å². The van der Waals surface area contributed by atoms with Crippen LogP contribution < -0.4 is 0 Å². The monoisotopic (exact) mass is 219 g/mol. The van der Waals surface area contributed by atoms with Gasteiger partial charge in [-0.2, -0.15) is 0 Å². The van der Waals surface area contributed by atoms with E-state index in [1.807, 2.05) is 17.7 Å². The van der Waals surface area contributed by atoms with Gasteiger partial charge in [0.05, 0.1) is 6.54 Å². The van der Waals surface area contributed by atoms with Crippen LogP contribution in [0.15, 0.2) is 30.7 Å². The lowest BCUT2D eigenvalue weighted by Crippen LogP contribution is -2.12. The third kappa shape index (κ3) is 1.84. The quantitative estimate of drug-likeness (QED) is 0.846. The number of carbonyl (C=O) groups is 1. The fourth-order valence-corrected chi connectivity index (χ4v) is 1.68. The Kier molecular flexibility index (Phi) is 2.76. The molecule has 0 aliphatic heterocycles. The Balaban J connectivity index is 2.27. The maximum Gasteiger partial charge on any atom is 0.352 e. The van der Waals surface area contributed by atoms with Crippen molar-refractivity contribution in [3.05, 3.63) is 42.2 Å². The summed E-state index contributed by atoms with van der Waals surface area (Å²) < 4.78 is 3.67. The number of rotatable bonds is 4. The first-order chi connectivity index (χ1) is 7.72. The molecule has 0 aromatic carbocycles. The number of hydrogen-bond acceptors (Lipinski definition) is 2. The molecule has 5 nitrogen and oxygen atoms in total. The highest BCUT2D eigenvalue weighted by Gasteiger charge is 2.10. The Bertz CT molecular complexity index is 499. The van der Waals surface area contributed by atoms with Gasteiger partial charge in [0.25, 0.3) is 0 Å². The molecular weight excluding hydrogens is 206 g/mol. The Morgan fingerprint density at radius 3 is 2.94 bits per heavy atom. The lowest BCUT2D eigenvalue weighted by Gasteiger charge is -2.07. The Morgan fingerprint density at radius 2 is 2.25 bits per heavy atom. The molecule has 2 rings (SSSR count). The molecule has 16 heavy (non-hydrogen) atoms. The van der Waals surface area contributed by atoms with Crippen LogP contribution in [0.2, 0.25) is 0 Å². The van der Waals surface area contributed by atoms with Crippen molar-refractivity contribution in [3.8, 4) is 0 Å². The summed E-state index contributed by atoms with van der Waals surface area (Å²) in [7, 11) is 0. The van der Waals surface area contributed by atoms with Gasteiger partial charge in [-0.05, 0) is 19.1 Å². The third-order valence-corrected chi connectivity index (χ3v) is 2.50. The number of aromatic nitrogens is 3. The van der Waals surface area contributed by atoms with Gasteiger partial charge in [0.15, 0.2) is 0 Å². The molecule has 0 spiro atoms. The van der Waals surface area contributed by atoms with Crippen molar-refractivity contribution < 1.29 is 9.90 Å². The van der Waals surface area contributed by atoms with E-state index in [1.165, 1.54) is 0 Å². The first kappa shape index (κ1) is 10.5. The topological polar surface area (TPSA) is 60.0 Å². The number of hydrogen-bond donors (Lipinski definition) is 1. The van der Waals surface area contributed by atoms with E-state index in [0.29, 0.717) is 6.54 Å². The minimum atomic E-state index is -0.917. The highest BCUT2D eigenvalue weighted by molar-refractivity contribution is 5.85. The molecule has 2 aromatic heterocycles. The van der Waals surface area contributed by atoms with Crippen LogP contribution in [0.25, 0.3) is 0 Å².